The molecule has 168 valence electrons. The molecule has 7 nitrogen and oxygen atoms in total. The van der Waals surface area contributed by atoms with Gasteiger partial charge in [-0.3, -0.25) is 9.89 Å². The molecule has 1 aromatic heterocycles. The maximum atomic E-state index is 13.2. The maximum absolute atomic E-state index is 13.2. The zero-order valence-corrected chi connectivity index (χ0v) is 19.4. The number of hydrogen-bond donors (Lipinski definition) is 2. The third-order valence-electron chi connectivity index (χ3n) is 5.08. The van der Waals surface area contributed by atoms with E-state index in [1.807, 2.05) is 0 Å². The minimum absolute atomic E-state index is 0.123. The van der Waals surface area contributed by atoms with Crippen LogP contribution in [0.1, 0.15) is 10.4 Å². The highest BCUT2D eigenvalue weighted by Gasteiger charge is 2.18. The number of hydrogen-bond acceptors (Lipinski definition) is 5. The number of H-pyrrole nitrogens is 1. The summed E-state index contributed by atoms with van der Waals surface area (Å²) in [5.41, 5.74) is 3.43. The summed E-state index contributed by atoms with van der Waals surface area (Å²) in [7, 11) is -1.91. The number of anilines is 1. The second-order valence-electron chi connectivity index (χ2n) is 7.33. The number of nitrogens with one attached hydrogen (secondary N) is 2. The lowest BCUT2D eigenvalue weighted by molar-refractivity contribution is 0.102. The molecule has 3 aromatic carbocycles. The molecule has 0 aliphatic heterocycles. The number of nitrogens with zero attached hydrogens (tertiary/aromatic N) is 1. The van der Waals surface area contributed by atoms with Gasteiger partial charge in [-0.1, -0.05) is 23.7 Å². The molecule has 2 N–H and O–H groups in total. The van der Waals surface area contributed by atoms with Crippen molar-refractivity contribution in [1.29, 1.82) is 0 Å². The fraction of sp³-hybridized carbons (Fsp3) is 0.0833. The first-order chi connectivity index (χ1) is 15.8. The molecule has 0 unspecified atom stereocenters. The predicted molar refractivity (Wildman–Crippen MR) is 129 cm³/mol. The fourth-order valence-corrected chi connectivity index (χ4v) is 4.24. The number of methoxy groups -OCH3 is 1. The molecule has 0 saturated carbocycles. The van der Waals surface area contributed by atoms with Gasteiger partial charge in [0, 0.05) is 29.3 Å². The Hall–Kier alpha value is -3.62. The topological polar surface area (TPSA) is 101 Å². The van der Waals surface area contributed by atoms with Gasteiger partial charge in [0.2, 0.25) is 0 Å². The highest BCUT2D eigenvalue weighted by atomic mass is 35.5. The molecule has 4 aromatic rings. The van der Waals surface area contributed by atoms with Gasteiger partial charge < -0.3 is 10.1 Å². The minimum atomic E-state index is -3.46. The average molecular weight is 482 g/mol. The van der Waals surface area contributed by atoms with Gasteiger partial charge in [0.25, 0.3) is 5.91 Å². The van der Waals surface area contributed by atoms with Gasteiger partial charge in [0.15, 0.2) is 9.84 Å². The van der Waals surface area contributed by atoms with E-state index in [2.05, 4.69) is 15.5 Å². The van der Waals surface area contributed by atoms with Gasteiger partial charge in [-0.15, -0.1) is 0 Å². The van der Waals surface area contributed by atoms with Crippen LogP contribution in [0.4, 0.5) is 5.69 Å². The molecule has 1 heterocycles. The Morgan fingerprint density at radius 2 is 1.76 bits per heavy atom. The lowest BCUT2D eigenvalue weighted by Crippen LogP contribution is -2.14. The Balaban J connectivity index is 1.73. The Bertz CT molecular complexity index is 1420. The molecule has 0 radical (unpaired) electrons. The Morgan fingerprint density at radius 1 is 1.00 bits per heavy atom. The van der Waals surface area contributed by atoms with E-state index in [0.717, 1.165) is 6.26 Å². The van der Waals surface area contributed by atoms with E-state index in [9.17, 15) is 13.2 Å². The lowest BCUT2D eigenvalue weighted by atomic mass is 9.99. The van der Waals surface area contributed by atoms with E-state index in [-0.39, 0.29) is 4.90 Å². The molecule has 1 amide bonds. The number of sulfone groups is 1. The minimum Gasteiger partial charge on any atom is -0.497 e. The molecule has 0 fully saturated rings. The normalized spacial score (nSPS) is 11.2. The summed E-state index contributed by atoms with van der Waals surface area (Å²) >= 11 is 6.30. The standard InChI is InChI=1S/C24H20ClN3O4S/c1-32-17-6-3-15(4-7-17)20-14-18(33(2,30)31)8-9-19(20)24(29)27-16-5-10-22(25)21(13-16)23-11-12-26-28-23/h3-14H,1-2H3,(H,26,28)(H,27,29). The molecule has 4 rings (SSSR count). The van der Waals surface area contributed by atoms with Crippen molar-refractivity contribution in [3.63, 3.8) is 0 Å². The number of aromatic amines is 1. The number of ether oxygens (including phenoxy) is 1. The molecular weight excluding hydrogens is 462 g/mol. The summed E-state index contributed by atoms with van der Waals surface area (Å²) in [6.45, 7) is 0. The number of amides is 1. The van der Waals surface area contributed by atoms with Gasteiger partial charge in [0.05, 0.1) is 22.7 Å². The van der Waals surface area contributed by atoms with E-state index in [4.69, 9.17) is 16.3 Å². The molecule has 0 bridgehead atoms. The van der Waals surface area contributed by atoms with E-state index in [0.29, 0.717) is 44.4 Å². The molecule has 0 spiro atoms. The highest BCUT2D eigenvalue weighted by Crippen LogP contribution is 2.31. The van der Waals surface area contributed by atoms with Gasteiger partial charge in [-0.25, -0.2) is 8.42 Å². The summed E-state index contributed by atoms with van der Waals surface area (Å²) in [5.74, 6) is 0.260. The highest BCUT2D eigenvalue weighted by molar-refractivity contribution is 7.90. The van der Waals surface area contributed by atoms with Crippen LogP contribution in [-0.4, -0.2) is 37.9 Å². The van der Waals surface area contributed by atoms with Crippen LogP contribution in [0.2, 0.25) is 5.02 Å². The summed E-state index contributed by atoms with van der Waals surface area (Å²) in [6.07, 6.45) is 2.74. The Kier molecular flexibility index (Phi) is 6.22. The van der Waals surface area contributed by atoms with Crippen molar-refractivity contribution in [1.82, 2.24) is 10.2 Å². The predicted octanol–water partition coefficient (Wildman–Crippen LogP) is 5.06. The fourth-order valence-electron chi connectivity index (χ4n) is 3.38. The number of halogens is 1. The van der Waals surface area contributed by atoms with E-state index < -0.39 is 15.7 Å². The first kappa shape index (κ1) is 22.6. The van der Waals surface area contributed by atoms with E-state index in [1.165, 1.54) is 18.2 Å². The second kappa shape index (κ2) is 9.09. The number of rotatable bonds is 6. The van der Waals surface area contributed by atoms with Crippen LogP contribution in [0, 0.1) is 0 Å². The number of carbonyl (C=O) groups is 1. The molecular formula is C24H20ClN3O4S. The molecule has 9 heteroatoms. The molecule has 33 heavy (non-hydrogen) atoms. The van der Waals surface area contributed by atoms with Gasteiger partial charge in [-0.2, -0.15) is 5.10 Å². The molecule has 0 saturated heterocycles. The zero-order valence-electron chi connectivity index (χ0n) is 17.8. The third kappa shape index (κ3) is 4.92. The lowest BCUT2D eigenvalue weighted by Gasteiger charge is -2.13. The summed E-state index contributed by atoms with van der Waals surface area (Å²) < 4.78 is 29.5. The van der Waals surface area contributed by atoms with Gasteiger partial charge in [-0.05, 0) is 65.7 Å². The molecule has 0 aliphatic carbocycles. The Labute approximate surface area is 196 Å². The van der Waals surface area contributed by atoms with Crippen LogP contribution < -0.4 is 10.1 Å². The molecule has 0 atom stereocenters. The summed E-state index contributed by atoms with van der Waals surface area (Å²) in [6, 6.07) is 18.4. The summed E-state index contributed by atoms with van der Waals surface area (Å²) in [4.78, 5) is 13.4. The van der Waals surface area contributed by atoms with Crippen molar-refractivity contribution in [3.8, 4) is 28.1 Å². The van der Waals surface area contributed by atoms with Crippen molar-refractivity contribution in [3.05, 3.63) is 83.5 Å². The Morgan fingerprint density at radius 3 is 2.39 bits per heavy atom. The third-order valence-corrected chi connectivity index (χ3v) is 6.52. The SMILES string of the molecule is COc1ccc(-c2cc(S(C)(=O)=O)ccc2C(=O)Nc2ccc(Cl)c(-c3ccn[nH]3)c2)cc1. The van der Waals surface area contributed by atoms with Gasteiger partial charge in [0.1, 0.15) is 5.75 Å². The maximum Gasteiger partial charge on any atom is 0.256 e. The first-order valence-corrected chi connectivity index (χ1v) is 12.1. The van der Waals surface area contributed by atoms with Crippen LogP contribution >= 0.6 is 11.6 Å². The van der Waals surface area contributed by atoms with Crippen molar-refractivity contribution >= 4 is 33.0 Å². The second-order valence-corrected chi connectivity index (χ2v) is 9.75. The van der Waals surface area contributed by atoms with Crippen molar-refractivity contribution in [2.75, 3.05) is 18.7 Å². The van der Waals surface area contributed by atoms with Crippen LogP contribution in [0.25, 0.3) is 22.4 Å². The average Bonchev–Trinajstić information content (AvgIpc) is 3.34. The number of carbonyl (C=O) groups excluding carboxylic acids is 1. The van der Waals surface area contributed by atoms with Crippen LogP contribution in [0.5, 0.6) is 5.75 Å². The zero-order chi connectivity index (χ0) is 23.6. The number of benzene rings is 3. The summed E-state index contributed by atoms with van der Waals surface area (Å²) in [5, 5.41) is 10.2. The smallest absolute Gasteiger partial charge is 0.256 e. The molecule has 0 aliphatic rings. The first-order valence-electron chi connectivity index (χ1n) is 9.85. The van der Waals surface area contributed by atoms with Gasteiger partial charge >= 0.3 is 0 Å². The van der Waals surface area contributed by atoms with E-state index >= 15 is 0 Å². The van der Waals surface area contributed by atoms with E-state index in [1.54, 1.807) is 61.8 Å². The van der Waals surface area contributed by atoms with Crippen molar-refractivity contribution < 1.29 is 17.9 Å². The largest absolute Gasteiger partial charge is 0.497 e. The van der Waals surface area contributed by atoms with Crippen LogP contribution in [0.15, 0.2) is 77.8 Å². The monoisotopic (exact) mass is 481 g/mol. The van der Waals surface area contributed by atoms with Crippen LogP contribution in [-0.2, 0) is 9.84 Å². The number of aromatic nitrogens is 2. The quantitative estimate of drug-likeness (QED) is 0.400. The van der Waals surface area contributed by atoms with Crippen molar-refractivity contribution in [2.24, 2.45) is 0 Å². The van der Waals surface area contributed by atoms with Crippen molar-refractivity contribution in [2.45, 2.75) is 4.90 Å². The van der Waals surface area contributed by atoms with Crippen LogP contribution in [0.3, 0.4) is 0 Å².